The highest BCUT2D eigenvalue weighted by Crippen LogP contribution is 2.37. The molecule has 6 nitrogen and oxygen atoms in total. The number of phosphoric acid groups is 1. The lowest BCUT2D eigenvalue weighted by atomic mass is 10.1. The number of phosphoric ester groups is 1. The lowest BCUT2D eigenvalue weighted by molar-refractivity contribution is 0.0830. The first-order chi connectivity index (χ1) is 10.2. The zero-order valence-corrected chi connectivity index (χ0v) is 12.7. The normalized spacial score (nSPS) is 11.7. The van der Waals surface area contributed by atoms with E-state index in [1.807, 2.05) is 0 Å². The maximum absolute atomic E-state index is 14.0. The van der Waals surface area contributed by atoms with Crippen LogP contribution in [0.3, 0.4) is 0 Å². The molecule has 0 fully saturated rings. The summed E-state index contributed by atoms with van der Waals surface area (Å²) in [6.45, 7) is -0.674. The maximum atomic E-state index is 14.0. The second-order valence-corrected chi connectivity index (χ2v) is 5.92. The number of anilines is 1. The standard InChI is InChI=1S/C13H14F2NO5P/c1-16(2)11-6-9(20-7-21-22(17,18)19)5-8-3-4-10(14)13(15)12(8)11/h3-6H,7H2,1-2H3,(H2,17,18,19). The molecule has 0 aliphatic carbocycles. The Morgan fingerprint density at radius 1 is 1.23 bits per heavy atom. The molecule has 2 aromatic carbocycles. The van der Waals surface area contributed by atoms with Crippen LogP contribution in [0.5, 0.6) is 5.75 Å². The van der Waals surface area contributed by atoms with Crippen LogP contribution in [0.1, 0.15) is 0 Å². The van der Waals surface area contributed by atoms with Gasteiger partial charge in [-0.25, -0.2) is 17.9 Å². The van der Waals surface area contributed by atoms with Crippen molar-refractivity contribution >= 4 is 24.3 Å². The summed E-state index contributed by atoms with van der Waals surface area (Å²) < 4.78 is 47.2. The third kappa shape index (κ3) is 3.72. The first-order valence-electron chi connectivity index (χ1n) is 6.11. The highest BCUT2D eigenvalue weighted by atomic mass is 31.2. The number of hydrogen-bond donors (Lipinski definition) is 2. The van der Waals surface area contributed by atoms with E-state index in [1.54, 1.807) is 19.0 Å². The van der Waals surface area contributed by atoms with Crippen LogP contribution in [-0.2, 0) is 9.09 Å². The van der Waals surface area contributed by atoms with E-state index >= 15 is 0 Å². The predicted molar refractivity (Wildman–Crippen MR) is 76.8 cm³/mol. The first-order valence-corrected chi connectivity index (χ1v) is 7.64. The summed E-state index contributed by atoms with van der Waals surface area (Å²) in [7, 11) is -1.35. The van der Waals surface area contributed by atoms with Crippen molar-refractivity contribution in [1.82, 2.24) is 0 Å². The Balaban J connectivity index is 2.42. The summed E-state index contributed by atoms with van der Waals surface area (Å²) >= 11 is 0. The van der Waals surface area contributed by atoms with Gasteiger partial charge in [0.05, 0.1) is 5.69 Å². The van der Waals surface area contributed by atoms with Gasteiger partial charge in [-0.2, -0.15) is 0 Å². The lowest BCUT2D eigenvalue weighted by Crippen LogP contribution is -2.11. The van der Waals surface area contributed by atoms with Crippen molar-refractivity contribution < 1.29 is 32.4 Å². The Bertz CT molecular complexity index is 747. The summed E-state index contributed by atoms with van der Waals surface area (Å²) in [5, 5.41) is 0.476. The Morgan fingerprint density at radius 2 is 1.91 bits per heavy atom. The van der Waals surface area contributed by atoms with E-state index < -0.39 is 26.3 Å². The highest BCUT2D eigenvalue weighted by molar-refractivity contribution is 7.46. The number of ether oxygens (including phenoxy) is 1. The van der Waals surface area contributed by atoms with Crippen molar-refractivity contribution in [1.29, 1.82) is 0 Å². The van der Waals surface area contributed by atoms with E-state index in [9.17, 15) is 13.3 Å². The molecule has 0 spiro atoms. The number of nitrogens with zero attached hydrogens (tertiary/aromatic N) is 1. The van der Waals surface area contributed by atoms with Crippen LogP contribution in [0, 0.1) is 11.6 Å². The van der Waals surface area contributed by atoms with Crippen molar-refractivity contribution in [2.45, 2.75) is 0 Å². The minimum absolute atomic E-state index is 0.0910. The molecule has 0 aliphatic heterocycles. The summed E-state index contributed by atoms with van der Waals surface area (Å²) in [6.07, 6.45) is 0. The molecular weight excluding hydrogens is 319 g/mol. The van der Waals surface area contributed by atoms with Crippen molar-refractivity contribution in [3.63, 3.8) is 0 Å². The van der Waals surface area contributed by atoms with Crippen molar-refractivity contribution in [3.8, 4) is 5.75 Å². The molecule has 0 saturated carbocycles. The van der Waals surface area contributed by atoms with Crippen LogP contribution in [-0.4, -0.2) is 30.7 Å². The second-order valence-electron chi connectivity index (χ2n) is 4.68. The summed E-state index contributed by atoms with van der Waals surface area (Å²) in [6, 6.07) is 5.23. The van der Waals surface area contributed by atoms with Gasteiger partial charge in [0.15, 0.2) is 18.4 Å². The van der Waals surface area contributed by atoms with Gasteiger partial charge in [-0.05, 0) is 17.5 Å². The molecule has 0 radical (unpaired) electrons. The topological polar surface area (TPSA) is 79.2 Å². The largest absolute Gasteiger partial charge is 0.472 e. The van der Waals surface area contributed by atoms with Gasteiger partial charge in [0.2, 0.25) is 0 Å². The molecule has 0 aromatic heterocycles. The van der Waals surface area contributed by atoms with E-state index in [0.29, 0.717) is 11.1 Å². The van der Waals surface area contributed by atoms with Gasteiger partial charge in [-0.1, -0.05) is 6.07 Å². The number of hydrogen-bond acceptors (Lipinski definition) is 4. The average molecular weight is 333 g/mol. The van der Waals surface area contributed by atoms with Crippen LogP contribution < -0.4 is 9.64 Å². The Morgan fingerprint density at radius 3 is 2.50 bits per heavy atom. The van der Waals surface area contributed by atoms with Crippen LogP contribution in [0.25, 0.3) is 10.8 Å². The third-order valence-electron chi connectivity index (χ3n) is 2.89. The SMILES string of the molecule is CN(C)c1cc(OCOP(=O)(O)O)cc2ccc(F)c(F)c12. The van der Waals surface area contributed by atoms with E-state index in [0.717, 1.165) is 6.07 Å². The van der Waals surface area contributed by atoms with Gasteiger partial charge >= 0.3 is 7.82 Å². The van der Waals surface area contributed by atoms with E-state index in [1.165, 1.54) is 18.2 Å². The highest BCUT2D eigenvalue weighted by Gasteiger charge is 2.16. The van der Waals surface area contributed by atoms with Crippen molar-refractivity contribution in [2.75, 3.05) is 25.8 Å². The van der Waals surface area contributed by atoms with Crippen LogP contribution >= 0.6 is 7.82 Å². The number of halogens is 2. The van der Waals surface area contributed by atoms with E-state index in [-0.39, 0.29) is 11.1 Å². The van der Waals surface area contributed by atoms with Crippen LogP contribution in [0.15, 0.2) is 24.3 Å². The maximum Gasteiger partial charge on any atom is 0.472 e. The van der Waals surface area contributed by atoms with Gasteiger partial charge in [0.1, 0.15) is 5.75 Å². The molecule has 9 heteroatoms. The number of rotatable bonds is 5. The molecule has 0 atom stereocenters. The number of fused-ring (bicyclic) bond motifs is 1. The molecule has 120 valence electrons. The third-order valence-corrected chi connectivity index (χ3v) is 3.33. The molecule has 0 bridgehead atoms. The zero-order chi connectivity index (χ0) is 16.5. The molecule has 0 aliphatic rings. The Labute approximate surface area is 125 Å². The molecule has 2 N–H and O–H groups in total. The van der Waals surface area contributed by atoms with E-state index in [2.05, 4.69) is 4.52 Å². The fourth-order valence-electron chi connectivity index (χ4n) is 1.95. The molecule has 0 heterocycles. The quantitative estimate of drug-likeness (QED) is 0.647. The molecule has 0 saturated heterocycles. The Kier molecular flexibility index (Phi) is 4.67. The van der Waals surface area contributed by atoms with E-state index in [4.69, 9.17) is 14.5 Å². The Hall–Kier alpha value is -1.73. The van der Waals surface area contributed by atoms with Gasteiger partial charge < -0.3 is 19.4 Å². The lowest BCUT2D eigenvalue weighted by Gasteiger charge is -2.18. The second kappa shape index (κ2) is 6.18. The van der Waals surface area contributed by atoms with Crippen molar-refractivity contribution in [2.24, 2.45) is 0 Å². The summed E-state index contributed by atoms with van der Waals surface area (Å²) in [5.41, 5.74) is 0.362. The van der Waals surface area contributed by atoms with Gasteiger partial charge in [0, 0.05) is 25.5 Å². The minimum atomic E-state index is -4.64. The smallest absolute Gasteiger partial charge is 0.467 e. The molecule has 2 rings (SSSR count). The van der Waals surface area contributed by atoms with Gasteiger partial charge in [-0.3, -0.25) is 0 Å². The van der Waals surface area contributed by atoms with Crippen LogP contribution in [0.4, 0.5) is 14.5 Å². The fraction of sp³-hybridized carbons (Fsp3) is 0.231. The minimum Gasteiger partial charge on any atom is -0.467 e. The molecule has 22 heavy (non-hydrogen) atoms. The monoisotopic (exact) mass is 333 g/mol. The molecule has 0 unspecified atom stereocenters. The molecule has 2 aromatic rings. The fourth-order valence-corrected chi connectivity index (χ4v) is 2.14. The van der Waals surface area contributed by atoms with Crippen molar-refractivity contribution in [3.05, 3.63) is 35.9 Å². The van der Waals surface area contributed by atoms with Crippen LogP contribution in [0.2, 0.25) is 0 Å². The molecular formula is C13H14F2NO5P. The number of benzene rings is 2. The molecule has 0 amide bonds. The van der Waals surface area contributed by atoms with Gasteiger partial charge in [0.25, 0.3) is 0 Å². The summed E-state index contributed by atoms with van der Waals surface area (Å²) in [5.74, 6) is -1.73. The predicted octanol–water partition coefficient (Wildman–Crippen LogP) is 2.63. The average Bonchev–Trinajstić information content (AvgIpc) is 2.40. The van der Waals surface area contributed by atoms with Gasteiger partial charge in [-0.15, -0.1) is 0 Å². The first kappa shape index (κ1) is 16.6. The zero-order valence-electron chi connectivity index (χ0n) is 11.8. The summed E-state index contributed by atoms with van der Waals surface area (Å²) in [4.78, 5) is 18.7.